The summed E-state index contributed by atoms with van der Waals surface area (Å²) in [6, 6.07) is 0. The first kappa shape index (κ1) is 10.8. The maximum absolute atomic E-state index is 9.01. The lowest BCUT2D eigenvalue weighted by atomic mass is 10.2. The summed E-state index contributed by atoms with van der Waals surface area (Å²) < 4.78 is 4.95. The summed E-state index contributed by atoms with van der Waals surface area (Å²) in [5.41, 5.74) is 0. The zero-order valence-electron chi connectivity index (χ0n) is 6.73. The molecule has 0 radical (unpaired) electrons. The van der Waals surface area contributed by atoms with Gasteiger partial charge in [0.15, 0.2) is 0 Å². The molecule has 0 fully saturated rings. The van der Waals surface area contributed by atoms with Gasteiger partial charge in [0.2, 0.25) is 0 Å². The lowest BCUT2D eigenvalue weighted by Crippen LogP contribution is -2.33. The van der Waals surface area contributed by atoms with Gasteiger partial charge in [-0.25, -0.2) is 0 Å². The largest absolute Gasteiger partial charge is 0.394 e. The standard InChI is InChI=1S/C7H16O4/c1-2-3-11-5-7(10)6(9)4-8/h6-10H,2-5H2,1H3/t6-,7+/m1/s1. The maximum Gasteiger partial charge on any atom is 0.105 e. The first-order chi connectivity index (χ1) is 5.22. The number of aliphatic hydroxyl groups is 3. The van der Waals surface area contributed by atoms with Crippen molar-refractivity contribution in [1.29, 1.82) is 0 Å². The lowest BCUT2D eigenvalue weighted by Gasteiger charge is -2.14. The molecule has 0 saturated carbocycles. The molecule has 0 aromatic carbocycles. The van der Waals surface area contributed by atoms with Crippen molar-refractivity contribution in [3.63, 3.8) is 0 Å². The molecule has 0 rings (SSSR count). The van der Waals surface area contributed by atoms with Gasteiger partial charge in [0.1, 0.15) is 12.2 Å². The van der Waals surface area contributed by atoms with Gasteiger partial charge in [-0.3, -0.25) is 0 Å². The SMILES string of the molecule is CCCOC[C@H](O)[C@H](O)CO. The van der Waals surface area contributed by atoms with Gasteiger partial charge in [-0.05, 0) is 6.42 Å². The first-order valence-electron chi connectivity index (χ1n) is 3.77. The van der Waals surface area contributed by atoms with Gasteiger partial charge in [-0.1, -0.05) is 6.92 Å². The average Bonchev–Trinajstić information content (AvgIpc) is 2.03. The number of hydrogen-bond donors (Lipinski definition) is 3. The molecule has 0 aromatic heterocycles. The summed E-state index contributed by atoms with van der Waals surface area (Å²) in [5.74, 6) is 0. The van der Waals surface area contributed by atoms with Crippen LogP contribution in [-0.2, 0) is 4.74 Å². The second-order valence-electron chi connectivity index (χ2n) is 2.39. The Hall–Kier alpha value is -0.160. The molecular formula is C7H16O4. The van der Waals surface area contributed by atoms with Gasteiger partial charge in [-0.2, -0.15) is 0 Å². The molecule has 0 spiro atoms. The van der Waals surface area contributed by atoms with E-state index < -0.39 is 18.8 Å². The molecule has 0 bridgehead atoms. The van der Waals surface area contributed by atoms with E-state index in [2.05, 4.69) is 0 Å². The van der Waals surface area contributed by atoms with Crippen LogP contribution < -0.4 is 0 Å². The van der Waals surface area contributed by atoms with Gasteiger partial charge in [0.25, 0.3) is 0 Å². The fourth-order valence-electron chi connectivity index (χ4n) is 0.581. The Morgan fingerprint density at radius 2 is 1.91 bits per heavy atom. The third kappa shape index (κ3) is 5.15. The van der Waals surface area contributed by atoms with Gasteiger partial charge >= 0.3 is 0 Å². The van der Waals surface area contributed by atoms with Crippen molar-refractivity contribution < 1.29 is 20.1 Å². The Labute approximate surface area is 66.4 Å². The van der Waals surface area contributed by atoms with Crippen molar-refractivity contribution in [3.8, 4) is 0 Å². The van der Waals surface area contributed by atoms with Crippen molar-refractivity contribution in [2.75, 3.05) is 19.8 Å². The molecule has 0 unspecified atom stereocenters. The minimum atomic E-state index is -1.09. The average molecular weight is 164 g/mol. The summed E-state index contributed by atoms with van der Waals surface area (Å²) in [5, 5.41) is 26.3. The molecule has 0 heterocycles. The third-order valence-electron chi connectivity index (χ3n) is 1.27. The topological polar surface area (TPSA) is 69.9 Å². The van der Waals surface area contributed by atoms with Crippen molar-refractivity contribution in [3.05, 3.63) is 0 Å². The van der Waals surface area contributed by atoms with Crippen LogP contribution >= 0.6 is 0 Å². The van der Waals surface area contributed by atoms with Crippen LogP contribution in [0, 0.1) is 0 Å². The molecule has 0 aromatic rings. The van der Waals surface area contributed by atoms with E-state index in [1.807, 2.05) is 6.92 Å². The van der Waals surface area contributed by atoms with E-state index in [1.54, 1.807) is 0 Å². The molecular weight excluding hydrogens is 148 g/mol. The molecule has 68 valence electrons. The summed E-state index contributed by atoms with van der Waals surface area (Å²) >= 11 is 0. The van der Waals surface area contributed by atoms with Crippen LogP contribution in [0.15, 0.2) is 0 Å². The Bertz CT molecular complexity index is 86.5. The first-order valence-corrected chi connectivity index (χ1v) is 3.77. The van der Waals surface area contributed by atoms with Crippen LogP contribution in [0.2, 0.25) is 0 Å². The Kier molecular flexibility index (Phi) is 6.45. The predicted molar refractivity (Wildman–Crippen MR) is 40.2 cm³/mol. The number of hydrogen-bond acceptors (Lipinski definition) is 4. The Morgan fingerprint density at radius 3 is 2.36 bits per heavy atom. The van der Waals surface area contributed by atoms with Crippen LogP contribution in [0.4, 0.5) is 0 Å². The highest BCUT2D eigenvalue weighted by Gasteiger charge is 2.14. The van der Waals surface area contributed by atoms with Crippen molar-refractivity contribution in [1.82, 2.24) is 0 Å². The fourth-order valence-corrected chi connectivity index (χ4v) is 0.581. The van der Waals surface area contributed by atoms with E-state index in [0.717, 1.165) is 6.42 Å². The minimum Gasteiger partial charge on any atom is -0.394 e. The van der Waals surface area contributed by atoms with Crippen molar-refractivity contribution in [2.24, 2.45) is 0 Å². The smallest absolute Gasteiger partial charge is 0.105 e. The summed E-state index contributed by atoms with van der Waals surface area (Å²) in [7, 11) is 0. The maximum atomic E-state index is 9.01. The van der Waals surface area contributed by atoms with Crippen molar-refractivity contribution >= 4 is 0 Å². The molecule has 3 N–H and O–H groups in total. The summed E-state index contributed by atoms with van der Waals surface area (Å²) in [6.45, 7) is 2.16. The second-order valence-corrected chi connectivity index (χ2v) is 2.39. The Morgan fingerprint density at radius 1 is 1.27 bits per heavy atom. The molecule has 2 atom stereocenters. The second kappa shape index (κ2) is 6.54. The van der Waals surface area contributed by atoms with E-state index in [9.17, 15) is 0 Å². The van der Waals surface area contributed by atoms with E-state index in [0.29, 0.717) is 6.61 Å². The molecule has 0 aliphatic carbocycles. The van der Waals surface area contributed by atoms with Crippen LogP contribution in [0.5, 0.6) is 0 Å². The summed E-state index contributed by atoms with van der Waals surface area (Å²) in [6.07, 6.45) is -1.19. The van der Waals surface area contributed by atoms with Gasteiger partial charge in [0, 0.05) is 6.61 Å². The highest BCUT2D eigenvalue weighted by Crippen LogP contribution is 1.93. The van der Waals surface area contributed by atoms with Gasteiger partial charge in [0.05, 0.1) is 13.2 Å². The monoisotopic (exact) mass is 164 g/mol. The zero-order chi connectivity index (χ0) is 8.69. The molecule has 11 heavy (non-hydrogen) atoms. The van der Waals surface area contributed by atoms with Crippen LogP contribution in [0.1, 0.15) is 13.3 Å². The normalized spacial score (nSPS) is 16.4. The van der Waals surface area contributed by atoms with E-state index in [-0.39, 0.29) is 6.61 Å². The molecule has 0 aliphatic heterocycles. The number of aliphatic hydroxyl groups excluding tert-OH is 3. The molecule has 4 nitrogen and oxygen atoms in total. The van der Waals surface area contributed by atoms with Crippen LogP contribution in [-0.4, -0.2) is 47.3 Å². The van der Waals surface area contributed by atoms with Crippen molar-refractivity contribution in [2.45, 2.75) is 25.6 Å². The predicted octanol–water partition coefficient (Wildman–Crippen LogP) is -0.873. The molecule has 0 aliphatic rings. The van der Waals surface area contributed by atoms with Crippen LogP contribution in [0.25, 0.3) is 0 Å². The van der Waals surface area contributed by atoms with Gasteiger partial charge in [-0.15, -0.1) is 0 Å². The summed E-state index contributed by atoms with van der Waals surface area (Å²) in [4.78, 5) is 0. The minimum absolute atomic E-state index is 0.0789. The van der Waals surface area contributed by atoms with E-state index in [1.165, 1.54) is 0 Å². The highest BCUT2D eigenvalue weighted by atomic mass is 16.5. The third-order valence-corrected chi connectivity index (χ3v) is 1.27. The number of ether oxygens (including phenoxy) is 1. The quantitative estimate of drug-likeness (QED) is 0.446. The lowest BCUT2D eigenvalue weighted by molar-refractivity contribution is -0.0565. The van der Waals surface area contributed by atoms with E-state index >= 15 is 0 Å². The number of rotatable bonds is 6. The van der Waals surface area contributed by atoms with Crippen LogP contribution in [0.3, 0.4) is 0 Å². The molecule has 0 saturated heterocycles. The molecule has 0 amide bonds. The Balaban J connectivity index is 3.28. The molecule has 4 heteroatoms. The fraction of sp³-hybridized carbons (Fsp3) is 1.00. The van der Waals surface area contributed by atoms with E-state index in [4.69, 9.17) is 20.1 Å². The highest BCUT2D eigenvalue weighted by molar-refractivity contribution is 4.64. The zero-order valence-corrected chi connectivity index (χ0v) is 6.73. The van der Waals surface area contributed by atoms with Gasteiger partial charge < -0.3 is 20.1 Å².